The van der Waals surface area contributed by atoms with E-state index in [2.05, 4.69) is 0 Å². The lowest BCUT2D eigenvalue weighted by Gasteiger charge is -2.07. The highest BCUT2D eigenvalue weighted by Gasteiger charge is 1.95. The predicted molar refractivity (Wildman–Crippen MR) is 69.5 cm³/mol. The quantitative estimate of drug-likeness (QED) is 0.708. The SMILES string of the molecule is CCOc1ccc(OCCSCCN)cc1. The Morgan fingerprint density at radius 1 is 1.06 bits per heavy atom. The maximum atomic E-state index is 5.57. The van der Waals surface area contributed by atoms with Crippen LogP contribution in [0.1, 0.15) is 6.92 Å². The Balaban J connectivity index is 2.21. The number of benzene rings is 1. The fraction of sp³-hybridized carbons (Fsp3) is 0.500. The minimum Gasteiger partial charge on any atom is -0.494 e. The Labute approximate surface area is 101 Å². The van der Waals surface area contributed by atoms with Gasteiger partial charge in [-0.25, -0.2) is 0 Å². The molecule has 0 heterocycles. The first-order chi connectivity index (χ1) is 7.86. The third-order valence-corrected chi connectivity index (χ3v) is 2.87. The molecule has 0 saturated carbocycles. The largest absolute Gasteiger partial charge is 0.494 e. The topological polar surface area (TPSA) is 44.5 Å². The molecule has 0 saturated heterocycles. The van der Waals surface area contributed by atoms with Gasteiger partial charge in [0.05, 0.1) is 13.2 Å². The second-order valence-electron chi connectivity index (χ2n) is 3.15. The van der Waals surface area contributed by atoms with Gasteiger partial charge in [0.25, 0.3) is 0 Å². The van der Waals surface area contributed by atoms with E-state index in [0.717, 1.165) is 36.2 Å². The molecule has 1 aromatic carbocycles. The van der Waals surface area contributed by atoms with Crippen molar-refractivity contribution in [2.24, 2.45) is 5.73 Å². The van der Waals surface area contributed by atoms with Gasteiger partial charge in [-0.2, -0.15) is 11.8 Å². The van der Waals surface area contributed by atoms with E-state index in [1.165, 1.54) is 0 Å². The van der Waals surface area contributed by atoms with Crippen molar-refractivity contribution >= 4 is 11.8 Å². The lowest BCUT2D eigenvalue weighted by Crippen LogP contribution is -2.05. The van der Waals surface area contributed by atoms with Crippen LogP contribution in [0.15, 0.2) is 24.3 Å². The van der Waals surface area contributed by atoms with E-state index in [1.54, 1.807) is 0 Å². The molecule has 1 rings (SSSR count). The van der Waals surface area contributed by atoms with Gasteiger partial charge in [0.1, 0.15) is 11.5 Å². The van der Waals surface area contributed by atoms with E-state index < -0.39 is 0 Å². The van der Waals surface area contributed by atoms with Crippen LogP contribution in [-0.4, -0.2) is 31.3 Å². The smallest absolute Gasteiger partial charge is 0.119 e. The molecule has 0 aromatic heterocycles. The summed E-state index contributed by atoms with van der Waals surface area (Å²) in [5, 5.41) is 0. The summed E-state index contributed by atoms with van der Waals surface area (Å²) in [6.45, 7) is 4.11. The van der Waals surface area contributed by atoms with Gasteiger partial charge in [-0.3, -0.25) is 0 Å². The molecular formula is C12H19NO2S. The normalized spacial score (nSPS) is 10.1. The Bertz CT molecular complexity index is 277. The first kappa shape index (κ1) is 13.2. The molecule has 0 aliphatic heterocycles. The first-order valence-electron chi connectivity index (χ1n) is 5.50. The molecule has 4 heteroatoms. The summed E-state index contributed by atoms with van der Waals surface area (Å²) >= 11 is 1.81. The van der Waals surface area contributed by atoms with Gasteiger partial charge in [0.15, 0.2) is 0 Å². The summed E-state index contributed by atoms with van der Waals surface area (Å²) in [4.78, 5) is 0. The van der Waals surface area contributed by atoms with Gasteiger partial charge >= 0.3 is 0 Å². The summed E-state index contributed by atoms with van der Waals surface area (Å²) in [6, 6.07) is 7.70. The molecule has 1 aromatic rings. The Morgan fingerprint density at radius 2 is 1.69 bits per heavy atom. The van der Waals surface area contributed by atoms with Gasteiger partial charge in [0.2, 0.25) is 0 Å². The van der Waals surface area contributed by atoms with Crippen molar-refractivity contribution in [3.8, 4) is 11.5 Å². The van der Waals surface area contributed by atoms with Crippen LogP contribution in [0, 0.1) is 0 Å². The fourth-order valence-electron chi connectivity index (χ4n) is 1.20. The summed E-state index contributed by atoms with van der Waals surface area (Å²) < 4.78 is 10.9. The van der Waals surface area contributed by atoms with Crippen LogP contribution in [0.4, 0.5) is 0 Å². The molecule has 0 bridgehead atoms. The molecule has 0 fully saturated rings. The van der Waals surface area contributed by atoms with Gasteiger partial charge < -0.3 is 15.2 Å². The molecule has 90 valence electrons. The second kappa shape index (κ2) is 8.30. The number of nitrogens with two attached hydrogens (primary N) is 1. The van der Waals surface area contributed by atoms with Crippen molar-refractivity contribution in [2.75, 3.05) is 31.3 Å². The van der Waals surface area contributed by atoms with Gasteiger partial charge in [-0.1, -0.05) is 0 Å². The average Bonchev–Trinajstić information content (AvgIpc) is 2.31. The molecule has 0 aliphatic rings. The molecule has 3 nitrogen and oxygen atoms in total. The van der Waals surface area contributed by atoms with Crippen LogP contribution in [0.25, 0.3) is 0 Å². The van der Waals surface area contributed by atoms with Crippen LogP contribution in [0.2, 0.25) is 0 Å². The molecule has 2 N–H and O–H groups in total. The lowest BCUT2D eigenvalue weighted by molar-refractivity contribution is 0.332. The van der Waals surface area contributed by atoms with Gasteiger partial charge in [0, 0.05) is 18.1 Å². The maximum absolute atomic E-state index is 5.57. The molecular weight excluding hydrogens is 222 g/mol. The van der Waals surface area contributed by atoms with Gasteiger partial charge in [-0.15, -0.1) is 0 Å². The number of hydrogen-bond acceptors (Lipinski definition) is 4. The number of rotatable bonds is 8. The number of thioether (sulfide) groups is 1. The molecule has 0 aliphatic carbocycles. The van der Waals surface area contributed by atoms with E-state index in [-0.39, 0.29) is 0 Å². The Hall–Kier alpha value is -0.870. The molecule has 0 spiro atoms. The summed E-state index contributed by atoms with van der Waals surface area (Å²) in [7, 11) is 0. The van der Waals surface area contributed by atoms with Crippen LogP contribution in [-0.2, 0) is 0 Å². The van der Waals surface area contributed by atoms with Crippen molar-refractivity contribution in [1.29, 1.82) is 0 Å². The highest BCUT2D eigenvalue weighted by Crippen LogP contribution is 2.17. The minimum atomic E-state index is 0.690. The molecule has 0 unspecified atom stereocenters. The first-order valence-corrected chi connectivity index (χ1v) is 6.65. The number of hydrogen-bond donors (Lipinski definition) is 1. The standard InChI is InChI=1S/C12H19NO2S/c1-2-14-11-3-5-12(6-4-11)15-8-10-16-9-7-13/h3-6H,2,7-10,13H2,1H3. The zero-order valence-electron chi connectivity index (χ0n) is 9.65. The molecule has 0 amide bonds. The summed E-state index contributed by atoms with van der Waals surface area (Å²) in [5.74, 6) is 3.74. The summed E-state index contributed by atoms with van der Waals surface area (Å²) in [5.41, 5.74) is 5.39. The van der Waals surface area contributed by atoms with Crippen molar-refractivity contribution in [1.82, 2.24) is 0 Å². The zero-order valence-corrected chi connectivity index (χ0v) is 10.5. The predicted octanol–water partition coefficient (Wildman–Crippen LogP) is 2.16. The third-order valence-electron chi connectivity index (χ3n) is 1.89. The zero-order chi connectivity index (χ0) is 11.6. The molecule has 0 atom stereocenters. The maximum Gasteiger partial charge on any atom is 0.119 e. The highest BCUT2D eigenvalue weighted by molar-refractivity contribution is 7.99. The van der Waals surface area contributed by atoms with E-state index in [9.17, 15) is 0 Å². The van der Waals surface area contributed by atoms with Crippen molar-refractivity contribution < 1.29 is 9.47 Å². The average molecular weight is 241 g/mol. The van der Waals surface area contributed by atoms with E-state index in [4.69, 9.17) is 15.2 Å². The Kier molecular flexibility index (Phi) is 6.85. The second-order valence-corrected chi connectivity index (χ2v) is 4.38. The van der Waals surface area contributed by atoms with Crippen molar-refractivity contribution in [2.45, 2.75) is 6.92 Å². The van der Waals surface area contributed by atoms with Crippen LogP contribution >= 0.6 is 11.8 Å². The van der Waals surface area contributed by atoms with Crippen LogP contribution < -0.4 is 15.2 Å². The summed E-state index contributed by atoms with van der Waals surface area (Å²) in [6.07, 6.45) is 0. The minimum absolute atomic E-state index is 0.690. The third kappa shape index (κ3) is 5.28. The van der Waals surface area contributed by atoms with E-state index in [0.29, 0.717) is 6.61 Å². The number of ether oxygens (including phenoxy) is 2. The van der Waals surface area contributed by atoms with E-state index >= 15 is 0 Å². The molecule has 0 radical (unpaired) electrons. The van der Waals surface area contributed by atoms with Crippen LogP contribution in [0.3, 0.4) is 0 Å². The lowest BCUT2D eigenvalue weighted by atomic mass is 10.3. The Morgan fingerprint density at radius 3 is 2.25 bits per heavy atom. The van der Waals surface area contributed by atoms with Crippen LogP contribution in [0.5, 0.6) is 11.5 Å². The van der Waals surface area contributed by atoms with E-state index in [1.807, 2.05) is 43.0 Å². The monoisotopic (exact) mass is 241 g/mol. The van der Waals surface area contributed by atoms with Crippen molar-refractivity contribution in [3.63, 3.8) is 0 Å². The van der Waals surface area contributed by atoms with Gasteiger partial charge in [-0.05, 0) is 31.2 Å². The van der Waals surface area contributed by atoms with Crippen molar-refractivity contribution in [3.05, 3.63) is 24.3 Å². The molecule has 16 heavy (non-hydrogen) atoms. The highest BCUT2D eigenvalue weighted by atomic mass is 32.2. The fourth-order valence-corrected chi connectivity index (χ4v) is 1.77.